The number of amides is 3. The van der Waals surface area contributed by atoms with Crippen LogP contribution in [0, 0.1) is 11.6 Å². The van der Waals surface area contributed by atoms with Gasteiger partial charge in [-0.3, -0.25) is 24.5 Å². The largest absolute Gasteiger partial charge is 0.493 e. The van der Waals surface area contributed by atoms with Crippen LogP contribution in [0.1, 0.15) is 39.1 Å². The molecule has 0 spiro atoms. The zero-order chi connectivity index (χ0) is 22.0. The highest BCUT2D eigenvalue weighted by Gasteiger charge is 2.42. The van der Waals surface area contributed by atoms with E-state index in [0.717, 1.165) is 12.1 Å². The molecular formula is C20H18F2N2O6. The summed E-state index contributed by atoms with van der Waals surface area (Å²) in [7, 11) is 1.43. The molecule has 0 aliphatic carbocycles. The third-order valence-corrected chi connectivity index (χ3v) is 4.70. The first-order valence-corrected chi connectivity index (χ1v) is 8.92. The Hall–Kier alpha value is -3.53. The van der Waals surface area contributed by atoms with Gasteiger partial charge in [-0.25, -0.2) is 14.3 Å². The van der Waals surface area contributed by atoms with Crippen LogP contribution in [0.25, 0.3) is 0 Å². The molecular weight excluding hydrogens is 402 g/mol. The van der Waals surface area contributed by atoms with E-state index in [0.29, 0.717) is 23.0 Å². The lowest BCUT2D eigenvalue weighted by molar-refractivity contribution is -0.130. The predicted octanol–water partition coefficient (Wildman–Crippen LogP) is 2.26. The number of hydrogen-bond acceptors (Lipinski definition) is 6. The number of carbonyl (C=O) groups excluding carboxylic acids is 3. The molecule has 1 atom stereocenters. The molecule has 158 valence electrons. The first kappa shape index (κ1) is 21.2. The lowest BCUT2D eigenvalue weighted by Gasteiger charge is -2.22. The number of halogens is 2. The van der Waals surface area contributed by atoms with Crippen LogP contribution >= 0.6 is 0 Å². The zero-order valence-corrected chi connectivity index (χ0v) is 16.1. The Morgan fingerprint density at radius 1 is 1.10 bits per heavy atom. The lowest BCUT2D eigenvalue weighted by atomic mass is 9.97. The summed E-state index contributed by atoms with van der Waals surface area (Å²) in [5.41, 5.74) is 0.389. The van der Waals surface area contributed by atoms with Gasteiger partial charge < -0.3 is 9.47 Å². The van der Waals surface area contributed by atoms with Gasteiger partial charge in [0, 0.05) is 6.54 Å². The van der Waals surface area contributed by atoms with E-state index in [4.69, 9.17) is 14.7 Å². The average Bonchev–Trinajstić information content (AvgIpc) is 2.99. The molecule has 3 amide bonds. The third kappa shape index (κ3) is 3.57. The summed E-state index contributed by atoms with van der Waals surface area (Å²) in [6.07, 6.45) is 0. The number of fused-ring (bicyclic) bond motifs is 1. The van der Waals surface area contributed by atoms with E-state index >= 15 is 0 Å². The van der Waals surface area contributed by atoms with Gasteiger partial charge in [0.2, 0.25) is 0 Å². The number of hydrogen-bond donors (Lipinski definition) is 2. The molecule has 2 aromatic rings. The van der Waals surface area contributed by atoms with Crippen molar-refractivity contribution in [1.82, 2.24) is 10.4 Å². The van der Waals surface area contributed by atoms with Crippen molar-refractivity contribution in [2.45, 2.75) is 12.8 Å². The number of imide groups is 1. The maximum Gasteiger partial charge on any atom is 0.264 e. The summed E-state index contributed by atoms with van der Waals surface area (Å²) in [4.78, 5) is 38.1. The molecule has 0 saturated heterocycles. The number of nitrogens with one attached hydrogen (secondary N) is 1. The van der Waals surface area contributed by atoms with E-state index in [9.17, 15) is 23.2 Å². The second-order valence-electron chi connectivity index (χ2n) is 6.37. The monoisotopic (exact) mass is 420 g/mol. The second kappa shape index (κ2) is 8.46. The van der Waals surface area contributed by atoms with E-state index in [1.54, 1.807) is 6.92 Å². The van der Waals surface area contributed by atoms with E-state index in [1.165, 1.54) is 30.8 Å². The molecule has 1 unspecified atom stereocenters. The Labute approximate surface area is 170 Å². The Bertz CT molecular complexity index is 986. The van der Waals surface area contributed by atoms with Crippen LogP contribution in [0.15, 0.2) is 30.3 Å². The molecule has 1 heterocycles. The number of carbonyl (C=O) groups is 3. The summed E-state index contributed by atoms with van der Waals surface area (Å²) in [5, 5.41) is 9.14. The maximum atomic E-state index is 14.1. The van der Waals surface area contributed by atoms with Crippen LogP contribution in [0.4, 0.5) is 8.78 Å². The van der Waals surface area contributed by atoms with E-state index < -0.39 is 52.9 Å². The average molecular weight is 420 g/mol. The number of rotatable bonds is 7. The normalized spacial score (nSPS) is 13.8. The second-order valence-corrected chi connectivity index (χ2v) is 6.37. The van der Waals surface area contributed by atoms with Crippen molar-refractivity contribution in [2.24, 2.45) is 0 Å². The van der Waals surface area contributed by atoms with Gasteiger partial charge in [0.1, 0.15) is 11.6 Å². The minimum Gasteiger partial charge on any atom is -0.493 e. The highest BCUT2D eigenvalue weighted by Crippen LogP contribution is 2.34. The van der Waals surface area contributed by atoms with Crippen molar-refractivity contribution in [3.63, 3.8) is 0 Å². The highest BCUT2D eigenvalue weighted by atomic mass is 19.1. The summed E-state index contributed by atoms with van der Waals surface area (Å²) in [6.45, 7) is 1.48. The summed E-state index contributed by atoms with van der Waals surface area (Å²) in [6, 6.07) is 5.96. The molecule has 0 radical (unpaired) electrons. The van der Waals surface area contributed by atoms with E-state index in [1.807, 2.05) is 0 Å². The molecule has 1 aliphatic heterocycles. The van der Waals surface area contributed by atoms with Crippen molar-refractivity contribution in [3.05, 3.63) is 58.7 Å². The van der Waals surface area contributed by atoms with Gasteiger partial charge in [-0.15, -0.1) is 0 Å². The molecule has 0 aromatic heterocycles. The van der Waals surface area contributed by atoms with Crippen LogP contribution in [-0.2, 0) is 4.79 Å². The van der Waals surface area contributed by atoms with Gasteiger partial charge in [0.25, 0.3) is 17.7 Å². The summed E-state index contributed by atoms with van der Waals surface area (Å²) < 4.78 is 38.8. The standard InChI is InChI=1S/C20H18F2N2O6/c1-3-30-15-8-10(4-7-14(15)29-2)11(18(25)23-28)9-24-19(26)16-12(21)5-6-13(22)17(16)20(24)27/h4-8,11,28H,3,9H2,1-2H3,(H,23,25). The Morgan fingerprint density at radius 3 is 2.20 bits per heavy atom. The molecule has 2 aromatic carbocycles. The van der Waals surface area contributed by atoms with Crippen molar-refractivity contribution in [1.29, 1.82) is 0 Å². The molecule has 0 fully saturated rings. The summed E-state index contributed by atoms with van der Waals surface area (Å²) in [5.74, 6) is -5.71. The molecule has 3 rings (SSSR count). The van der Waals surface area contributed by atoms with Crippen molar-refractivity contribution < 1.29 is 37.8 Å². The quantitative estimate of drug-likeness (QED) is 0.405. The fourth-order valence-electron chi connectivity index (χ4n) is 3.28. The first-order valence-electron chi connectivity index (χ1n) is 8.92. The Kier molecular flexibility index (Phi) is 5.97. The molecule has 2 N–H and O–H groups in total. The molecule has 1 aliphatic rings. The lowest BCUT2D eigenvalue weighted by Crippen LogP contribution is -2.39. The molecule has 0 saturated carbocycles. The van der Waals surface area contributed by atoms with Crippen molar-refractivity contribution in [2.75, 3.05) is 20.3 Å². The van der Waals surface area contributed by atoms with Gasteiger partial charge >= 0.3 is 0 Å². The number of hydroxylamine groups is 1. The van der Waals surface area contributed by atoms with Crippen LogP contribution in [-0.4, -0.2) is 48.1 Å². The van der Waals surface area contributed by atoms with Crippen molar-refractivity contribution >= 4 is 17.7 Å². The fourth-order valence-corrected chi connectivity index (χ4v) is 3.28. The van der Waals surface area contributed by atoms with Gasteiger partial charge in [-0.1, -0.05) is 6.07 Å². The fraction of sp³-hybridized carbons (Fsp3) is 0.250. The van der Waals surface area contributed by atoms with Crippen LogP contribution in [0.2, 0.25) is 0 Å². The number of benzene rings is 2. The maximum absolute atomic E-state index is 14.1. The summed E-state index contributed by atoms with van der Waals surface area (Å²) >= 11 is 0. The number of methoxy groups -OCH3 is 1. The SMILES string of the molecule is CCOc1cc(C(CN2C(=O)c3c(F)ccc(F)c3C2=O)C(=O)NO)ccc1OC. The van der Waals surface area contributed by atoms with Gasteiger partial charge in [0.05, 0.1) is 30.8 Å². The molecule has 10 heteroatoms. The van der Waals surface area contributed by atoms with Crippen LogP contribution < -0.4 is 15.0 Å². The third-order valence-electron chi connectivity index (χ3n) is 4.70. The van der Waals surface area contributed by atoms with E-state index in [-0.39, 0.29) is 5.56 Å². The van der Waals surface area contributed by atoms with Crippen molar-refractivity contribution in [3.8, 4) is 11.5 Å². The van der Waals surface area contributed by atoms with Gasteiger partial charge in [0.15, 0.2) is 11.5 Å². The highest BCUT2D eigenvalue weighted by molar-refractivity contribution is 6.21. The molecule has 30 heavy (non-hydrogen) atoms. The minimum absolute atomic E-state index is 0.281. The first-order chi connectivity index (χ1) is 14.3. The number of nitrogens with zero attached hydrogens (tertiary/aromatic N) is 1. The van der Waals surface area contributed by atoms with E-state index in [2.05, 4.69) is 0 Å². The van der Waals surface area contributed by atoms with Crippen LogP contribution in [0.5, 0.6) is 11.5 Å². The number of ether oxygens (including phenoxy) is 2. The molecule has 8 nitrogen and oxygen atoms in total. The zero-order valence-electron chi connectivity index (χ0n) is 16.1. The van der Waals surface area contributed by atoms with Gasteiger partial charge in [-0.05, 0) is 36.8 Å². The predicted molar refractivity (Wildman–Crippen MR) is 98.6 cm³/mol. The smallest absolute Gasteiger partial charge is 0.264 e. The Balaban J connectivity index is 2.00. The minimum atomic E-state index is -1.24. The van der Waals surface area contributed by atoms with Crippen LogP contribution in [0.3, 0.4) is 0 Å². The molecule has 0 bridgehead atoms. The van der Waals surface area contributed by atoms with Gasteiger partial charge in [-0.2, -0.15) is 0 Å². The Morgan fingerprint density at radius 2 is 1.70 bits per heavy atom. The topological polar surface area (TPSA) is 105 Å².